The minimum Gasteiger partial charge on any atom is -0.467 e. The standard InChI is InChI=1S/C15H14N4O3/c20-14(12-9-16-13-6-2-1-5-11(12)13)18-19-15(21)17-8-10-4-3-7-22-10/h1-7,9,16H,8H2,(H,18,20)(H2,17,19,21). The van der Waals surface area contributed by atoms with Crippen molar-refractivity contribution in [2.75, 3.05) is 0 Å². The lowest BCUT2D eigenvalue weighted by Gasteiger charge is -2.07. The molecule has 22 heavy (non-hydrogen) atoms. The molecular weight excluding hydrogens is 284 g/mol. The van der Waals surface area contributed by atoms with Crippen molar-refractivity contribution in [2.45, 2.75) is 6.54 Å². The quantitative estimate of drug-likeness (QED) is 0.556. The predicted molar refractivity (Wildman–Crippen MR) is 79.8 cm³/mol. The average Bonchev–Trinajstić information content (AvgIpc) is 3.19. The van der Waals surface area contributed by atoms with E-state index in [0.29, 0.717) is 11.3 Å². The monoisotopic (exact) mass is 298 g/mol. The molecule has 0 atom stereocenters. The van der Waals surface area contributed by atoms with Crippen molar-refractivity contribution in [3.05, 3.63) is 60.2 Å². The second-order valence-corrected chi connectivity index (χ2v) is 4.59. The maximum Gasteiger partial charge on any atom is 0.333 e. The highest BCUT2D eigenvalue weighted by Crippen LogP contribution is 2.16. The molecule has 0 aliphatic heterocycles. The van der Waals surface area contributed by atoms with Crippen LogP contribution in [0.15, 0.2) is 53.3 Å². The summed E-state index contributed by atoms with van der Waals surface area (Å²) in [5.41, 5.74) is 5.96. The summed E-state index contributed by atoms with van der Waals surface area (Å²) in [5.74, 6) is 0.226. The summed E-state index contributed by atoms with van der Waals surface area (Å²) in [6.45, 7) is 0.238. The number of amides is 3. The lowest BCUT2D eigenvalue weighted by atomic mass is 10.2. The fourth-order valence-corrected chi connectivity index (χ4v) is 2.06. The molecule has 0 bridgehead atoms. The van der Waals surface area contributed by atoms with Gasteiger partial charge in [-0.2, -0.15) is 0 Å². The topological polar surface area (TPSA) is 99.2 Å². The number of aromatic nitrogens is 1. The second kappa shape index (κ2) is 6.04. The molecule has 3 amide bonds. The van der Waals surface area contributed by atoms with E-state index in [0.717, 1.165) is 10.9 Å². The first kappa shape index (κ1) is 13.7. The molecular formula is C15H14N4O3. The van der Waals surface area contributed by atoms with Crippen molar-refractivity contribution >= 4 is 22.8 Å². The van der Waals surface area contributed by atoms with Crippen molar-refractivity contribution in [2.24, 2.45) is 0 Å². The van der Waals surface area contributed by atoms with Crippen molar-refractivity contribution in [3.63, 3.8) is 0 Å². The number of hydrazine groups is 1. The van der Waals surface area contributed by atoms with E-state index in [-0.39, 0.29) is 6.54 Å². The van der Waals surface area contributed by atoms with E-state index in [4.69, 9.17) is 4.42 Å². The van der Waals surface area contributed by atoms with Gasteiger partial charge in [0.2, 0.25) is 0 Å². The number of carbonyl (C=O) groups is 2. The van der Waals surface area contributed by atoms with Gasteiger partial charge in [0, 0.05) is 17.1 Å². The van der Waals surface area contributed by atoms with E-state index in [1.54, 1.807) is 18.3 Å². The van der Waals surface area contributed by atoms with E-state index in [2.05, 4.69) is 21.2 Å². The van der Waals surface area contributed by atoms with Crippen LogP contribution in [0.4, 0.5) is 4.79 Å². The first-order valence-electron chi connectivity index (χ1n) is 6.67. The molecule has 1 aromatic carbocycles. The molecule has 0 fully saturated rings. The maximum absolute atomic E-state index is 12.1. The van der Waals surface area contributed by atoms with Gasteiger partial charge in [-0.25, -0.2) is 10.2 Å². The van der Waals surface area contributed by atoms with Gasteiger partial charge in [-0.05, 0) is 18.2 Å². The Bertz CT molecular complexity index is 792. The van der Waals surface area contributed by atoms with Gasteiger partial charge in [-0.15, -0.1) is 0 Å². The number of rotatable bonds is 3. The summed E-state index contributed by atoms with van der Waals surface area (Å²) >= 11 is 0. The number of fused-ring (bicyclic) bond motifs is 1. The Morgan fingerprint density at radius 3 is 2.77 bits per heavy atom. The van der Waals surface area contributed by atoms with E-state index < -0.39 is 11.9 Å². The Balaban J connectivity index is 1.54. The minimum absolute atomic E-state index is 0.238. The molecule has 3 rings (SSSR count). The highest BCUT2D eigenvalue weighted by molar-refractivity contribution is 6.06. The molecule has 4 N–H and O–H groups in total. The van der Waals surface area contributed by atoms with Crippen LogP contribution in [0.3, 0.4) is 0 Å². The van der Waals surface area contributed by atoms with Crippen LogP contribution in [0.5, 0.6) is 0 Å². The maximum atomic E-state index is 12.1. The first-order valence-corrected chi connectivity index (χ1v) is 6.67. The Morgan fingerprint density at radius 1 is 1.09 bits per heavy atom. The Hall–Kier alpha value is -3.22. The van der Waals surface area contributed by atoms with Crippen LogP contribution in [-0.4, -0.2) is 16.9 Å². The smallest absolute Gasteiger partial charge is 0.333 e. The van der Waals surface area contributed by atoms with Gasteiger partial charge in [0.15, 0.2) is 0 Å². The lowest BCUT2D eigenvalue weighted by molar-refractivity contribution is 0.0938. The Kier molecular flexibility index (Phi) is 3.78. The number of hydrogen-bond acceptors (Lipinski definition) is 3. The zero-order valence-corrected chi connectivity index (χ0v) is 11.6. The molecule has 0 saturated carbocycles. The van der Waals surface area contributed by atoms with Crippen molar-refractivity contribution in [3.8, 4) is 0 Å². The molecule has 3 aromatic rings. The number of carbonyl (C=O) groups excluding carboxylic acids is 2. The minimum atomic E-state index is -0.524. The van der Waals surface area contributed by atoms with Crippen molar-refractivity contribution in [1.29, 1.82) is 0 Å². The van der Waals surface area contributed by atoms with E-state index in [1.807, 2.05) is 24.3 Å². The number of hydrogen-bond donors (Lipinski definition) is 4. The van der Waals surface area contributed by atoms with Crippen LogP contribution in [0.2, 0.25) is 0 Å². The van der Waals surface area contributed by atoms with Gasteiger partial charge in [-0.1, -0.05) is 18.2 Å². The van der Waals surface area contributed by atoms with Crippen LogP contribution >= 0.6 is 0 Å². The number of H-pyrrole nitrogens is 1. The average molecular weight is 298 g/mol. The molecule has 7 heteroatoms. The number of urea groups is 1. The zero-order valence-electron chi connectivity index (χ0n) is 11.6. The Labute approximate surface area is 125 Å². The van der Waals surface area contributed by atoms with E-state index in [1.165, 1.54) is 6.26 Å². The summed E-state index contributed by atoms with van der Waals surface area (Å²) in [6.07, 6.45) is 3.12. The summed E-state index contributed by atoms with van der Waals surface area (Å²) in [4.78, 5) is 26.7. The van der Waals surface area contributed by atoms with Gasteiger partial charge in [-0.3, -0.25) is 10.2 Å². The summed E-state index contributed by atoms with van der Waals surface area (Å²) in [6, 6.07) is 10.4. The molecule has 0 aliphatic rings. The molecule has 0 unspecified atom stereocenters. The van der Waals surface area contributed by atoms with Gasteiger partial charge < -0.3 is 14.7 Å². The van der Waals surface area contributed by atoms with Crippen molar-refractivity contribution < 1.29 is 14.0 Å². The molecule has 0 spiro atoms. The molecule has 0 saturated heterocycles. The third-order valence-electron chi connectivity index (χ3n) is 3.13. The Morgan fingerprint density at radius 2 is 1.95 bits per heavy atom. The third-order valence-corrected chi connectivity index (χ3v) is 3.13. The number of para-hydroxylation sites is 1. The predicted octanol–water partition coefficient (Wildman–Crippen LogP) is 1.91. The SMILES string of the molecule is O=C(NCc1ccco1)NNC(=O)c1c[nH]c2ccccc12. The number of benzene rings is 1. The third kappa shape index (κ3) is 2.93. The van der Waals surface area contributed by atoms with E-state index >= 15 is 0 Å². The summed E-state index contributed by atoms with van der Waals surface area (Å²) in [5, 5.41) is 3.35. The second-order valence-electron chi connectivity index (χ2n) is 4.59. The van der Waals surface area contributed by atoms with E-state index in [9.17, 15) is 9.59 Å². The normalized spacial score (nSPS) is 10.4. The molecule has 7 nitrogen and oxygen atoms in total. The van der Waals surface area contributed by atoms with Gasteiger partial charge >= 0.3 is 6.03 Å². The fraction of sp³-hybridized carbons (Fsp3) is 0.0667. The lowest BCUT2D eigenvalue weighted by Crippen LogP contribution is -2.46. The van der Waals surface area contributed by atoms with Gasteiger partial charge in [0.05, 0.1) is 18.4 Å². The zero-order chi connectivity index (χ0) is 15.4. The molecule has 112 valence electrons. The first-order chi connectivity index (χ1) is 10.7. The summed E-state index contributed by atoms with van der Waals surface area (Å²) in [7, 11) is 0. The molecule has 0 aliphatic carbocycles. The van der Waals surface area contributed by atoms with Crippen LogP contribution in [-0.2, 0) is 6.54 Å². The van der Waals surface area contributed by atoms with Crippen LogP contribution in [0, 0.1) is 0 Å². The number of nitrogens with one attached hydrogen (secondary N) is 4. The van der Waals surface area contributed by atoms with Crippen LogP contribution < -0.4 is 16.2 Å². The summed E-state index contributed by atoms with van der Waals surface area (Å²) < 4.78 is 5.08. The number of aromatic amines is 1. The highest BCUT2D eigenvalue weighted by Gasteiger charge is 2.12. The highest BCUT2D eigenvalue weighted by atomic mass is 16.3. The largest absolute Gasteiger partial charge is 0.467 e. The van der Waals surface area contributed by atoms with Crippen LogP contribution in [0.1, 0.15) is 16.1 Å². The molecule has 2 aromatic heterocycles. The van der Waals surface area contributed by atoms with Gasteiger partial charge in [0.1, 0.15) is 5.76 Å². The molecule has 0 radical (unpaired) electrons. The van der Waals surface area contributed by atoms with Gasteiger partial charge in [0.25, 0.3) is 5.91 Å². The molecule has 2 heterocycles. The van der Waals surface area contributed by atoms with Crippen LogP contribution in [0.25, 0.3) is 10.9 Å². The van der Waals surface area contributed by atoms with Crippen molar-refractivity contribution in [1.82, 2.24) is 21.2 Å². The number of furan rings is 1. The fourth-order valence-electron chi connectivity index (χ4n) is 2.06.